The molecule has 1 aliphatic heterocycles. The van der Waals surface area contributed by atoms with Crippen LogP contribution in [0, 0.1) is 0 Å². The first-order valence-corrected chi connectivity index (χ1v) is 5.10. The molecule has 0 bridgehead atoms. The van der Waals surface area contributed by atoms with Gasteiger partial charge in [-0.25, -0.2) is 10.1 Å². The van der Waals surface area contributed by atoms with Crippen molar-refractivity contribution in [3.8, 4) is 0 Å². The fourth-order valence-electron chi connectivity index (χ4n) is 1.23. The average Bonchev–Trinajstić information content (AvgIpc) is 2.12. The molecule has 14 heavy (non-hydrogen) atoms. The molecule has 0 saturated carbocycles. The van der Waals surface area contributed by atoms with Crippen LogP contribution in [0.1, 0.15) is 26.7 Å². The molecule has 1 fully saturated rings. The molecule has 1 aliphatic rings. The van der Waals surface area contributed by atoms with Crippen LogP contribution in [0.4, 0.5) is 4.79 Å². The van der Waals surface area contributed by atoms with E-state index in [0.717, 1.165) is 25.9 Å². The van der Waals surface area contributed by atoms with Crippen LogP contribution in [0.2, 0.25) is 0 Å². The molecule has 0 aromatic rings. The largest absolute Gasteiger partial charge is 0.517 e. The van der Waals surface area contributed by atoms with E-state index in [2.05, 4.69) is 17.6 Å². The molecule has 0 unspecified atom stereocenters. The van der Waals surface area contributed by atoms with E-state index in [1.807, 2.05) is 6.92 Å². The van der Waals surface area contributed by atoms with Gasteiger partial charge in [0.25, 0.3) is 0 Å². The van der Waals surface area contributed by atoms with Gasteiger partial charge < -0.3 is 14.8 Å². The lowest BCUT2D eigenvalue weighted by Crippen LogP contribution is -2.65. The van der Waals surface area contributed by atoms with Crippen LogP contribution >= 0.6 is 0 Å². The Hall–Kier alpha value is -0.810. The van der Waals surface area contributed by atoms with E-state index in [0.29, 0.717) is 6.54 Å². The maximum atomic E-state index is 10.6. The number of cyclic esters (lactones) is 2. The van der Waals surface area contributed by atoms with E-state index in [1.54, 1.807) is 0 Å². The molecule has 5 heteroatoms. The summed E-state index contributed by atoms with van der Waals surface area (Å²) in [6, 6.07) is 0. The van der Waals surface area contributed by atoms with Gasteiger partial charge in [0.1, 0.15) is 0 Å². The molecule has 0 radical (unpaired) electrons. The second kappa shape index (κ2) is 5.17. The summed E-state index contributed by atoms with van der Waals surface area (Å²) in [7, 11) is 0. The van der Waals surface area contributed by atoms with Crippen molar-refractivity contribution >= 4 is 6.16 Å². The third-order valence-corrected chi connectivity index (χ3v) is 1.93. The predicted octanol–water partition coefficient (Wildman–Crippen LogP) is 0.806. The van der Waals surface area contributed by atoms with Gasteiger partial charge in [-0.2, -0.15) is 0 Å². The van der Waals surface area contributed by atoms with E-state index in [9.17, 15) is 4.79 Å². The summed E-state index contributed by atoms with van der Waals surface area (Å²) in [6.07, 6.45) is 1.40. The summed E-state index contributed by atoms with van der Waals surface area (Å²) in [5, 5.41) is 6.19. The maximum Gasteiger partial charge on any atom is 0.517 e. The van der Waals surface area contributed by atoms with Gasteiger partial charge in [-0.05, 0) is 19.4 Å². The Morgan fingerprint density at radius 1 is 1.21 bits per heavy atom. The van der Waals surface area contributed by atoms with Crippen LogP contribution in [0.5, 0.6) is 0 Å². The third kappa shape index (κ3) is 2.85. The molecule has 1 rings (SSSR count). The van der Waals surface area contributed by atoms with Crippen molar-refractivity contribution in [3.05, 3.63) is 0 Å². The molecule has 2 N–H and O–H groups in total. The molecular weight excluding hydrogens is 184 g/mol. The smallest absolute Gasteiger partial charge is 0.375 e. The third-order valence-electron chi connectivity index (χ3n) is 1.93. The number of hydrogen-bond acceptors (Lipinski definition) is 5. The van der Waals surface area contributed by atoms with Gasteiger partial charge in [-0.1, -0.05) is 13.8 Å². The first kappa shape index (κ1) is 11.3. The molecule has 5 nitrogen and oxygen atoms in total. The highest BCUT2D eigenvalue weighted by Crippen LogP contribution is 2.21. The second-order valence-corrected chi connectivity index (χ2v) is 3.31. The van der Waals surface area contributed by atoms with Gasteiger partial charge >= 0.3 is 12.1 Å². The second-order valence-electron chi connectivity index (χ2n) is 3.31. The topological polar surface area (TPSA) is 59.6 Å². The molecule has 0 atom stereocenters. The predicted molar refractivity (Wildman–Crippen MR) is 51.8 cm³/mol. The van der Waals surface area contributed by atoms with Gasteiger partial charge in [0.2, 0.25) is 0 Å². The SMILES string of the molecule is CCCNCC1(NCCC)OC(=O)O1. The van der Waals surface area contributed by atoms with E-state index >= 15 is 0 Å². The lowest BCUT2D eigenvalue weighted by atomic mass is 10.3. The van der Waals surface area contributed by atoms with Crippen molar-refractivity contribution in [1.29, 1.82) is 0 Å². The minimum Gasteiger partial charge on any atom is -0.375 e. The standard InChI is InChI=1S/C9H18N2O3/c1-3-5-10-7-9(11-6-4-2)13-8(12)14-9/h10-11H,3-7H2,1-2H3. The molecule has 0 aromatic heterocycles. The van der Waals surface area contributed by atoms with Crippen molar-refractivity contribution in [3.63, 3.8) is 0 Å². The number of nitrogens with one attached hydrogen (secondary N) is 2. The molecular formula is C9H18N2O3. The summed E-state index contributed by atoms with van der Waals surface area (Å²) in [4.78, 5) is 10.6. The van der Waals surface area contributed by atoms with Crippen LogP contribution in [-0.4, -0.2) is 31.7 Å². The minimum absolute atomic E-state index is 0.493. The van der Waals surface area contributed by atoms with E-state index < -0.39 is 12.1 Å². The zero-order chi connectivity index (χ0) is 10.4. The molecule has 1 heterocycles. The fraction of sp³-hybridized carbons (Fsp3) is 0.889. The maximum absolute atomic E-state index is 10.6. The first-order chi connectivity index (χ1) is 6.72. The van der Waals surface area contributed by atoms with Crippen LogP contribution in [0.15, 0.2) is 0 Å². The summed E-state index contributed by atoms with van der Waals surface area (Å²) < 4.78 is 9.88. The van der Waals surface area contributed by atoms with Crippen LogP contribution in [-0.2, 0) is 9.47 Å². The number of carbonyl (C=O) groups excluding carboxylic acids is 1. The van der Waals surface area contributed by atoms with Crippen LogP contribution in [0.25, 0.3) is 0 Å². The molecule has 82 valence electrons. The Labute approximate surface area is 84.1 Å². The minimum atomic E-state index is -0.914. The summed E-state index contributed by atoms with van der Waals surface area (Å²) in [5.41, 5.74) is 0. The van der Waals surface area contributed by atoms with Crippen molar-refractivity contribution in [1.82, 2.24) is 10.6 Å². The van der Waals surface area contributed by atoms with E-state index in [-0.39, 0.29) is 0 Å². The van der Waals surface area contributed by atoms with Gasteiger partial charge in [0.15, 0.2) is 0 Å². The van der Waals surface area contributed by atoms with E-state index in [4.69, 9.17) is 9.47 Å². The number of rotatable bonds is 7. The lowest BCUT2D eigenvalue weighted by molar-refractivity contribution is -0.285. The normalized spacial score (nSPS) is 18.3. The Bertz CT molecular complexity index is 188. The highest BCUT2D eigenvalue weighted by Gasteiger charge is 2.48. The zero-order valence-corrected chi connectivity index (χ0v) is 8.76. The van der Waals surface area contributed by atoms with Crippen molar-refractivity contribution in [2.45, 2.75) is 32.6 Å². The quantitative estimate of drug-likeness (QED) is 0.472. The molecule has 0 amide bonds. The number of hydrogen-bond donors (Lipinski definition) is 2. The first-order valence-electron chi connectivity index (χ1n) is 5.10. The Balaban J connectivity index is 2.27. The zero-order valence-electron chi connectivity index (χ0n) is 8.76. The lowest BCUT2D eigenvalue weighted by Gasteiger charge is -2.39. The molecule has 1 saturated heterocycles. The fourth-order valence-corrected chi connectivity index (χ4v) is 1.23. The summed E-state index contributed by atoms with van der Waals surface area (Å²) in [5.74, 6) is -0.914. The van der Waals surface area contributed by atoms with Crippen LogP contribution in [0.3, 0.4) is 0 Å². The summed E-state index contributed by atoms with van der Waals surface area (Å²) in [6.45, 7) is 6.26. The average molecular weight is 202 g/mol. The van der Waals surface area contributed by atoms with E-state index in [1.165, 1.54) is 0 Å². The summed E-state index contributed by atoms with van der Waals surface area (Å²) >= 11 is 0. The molecule has 0 spiro atoms. The Morgan fingerprint density at radius 2 is 1.86 bits per heavy atom. The van der Waals surface area contributed by atoms with Gasteiger partial charge in [-0.3, -0.25) is 0 Å². The van der Waals surface area contributed by atoms with Crippen molar-refractivity contribution < 1.29 is 14.3 Å². The van der Waals surface area contributed by atoms with Crippen molar-refractivity contribution in [2.24, 2.45) is 0 Å². The van der Waals surface area contributed by atoms with Gasteiger partial charge in [0, 0.05) is 6.54 Å². The molecule has 0 aromatic carbocycles. The highest BCUT2D eigenvalue weighted by atomic mass is 16.9. The van der Waals surface area contributed by atoms with Crippen LogP contribution < -0.4 is 10.6 Å². The highest BCUT2D eigenvalue weighted by molar-refractivity contribution is 5.65. The van der Waals surface area contributed by atoms with Gasteiger partial charge in [-0.15, -0.1) is 0 Å². The number of carbonyl (C=O) groups is 1. The Kier molecular flexibility index (Phi) is 4.16. The Morgan fingerprint density at radius 3 is 2.36 bits per heavy atom. The van der Waals surface area contributed by atoms with Gasteiger partial charge in [0.05, 0.1) is 6.54 Å². The number of ether oxygens (including phenoxy) is 2. The van der Waals surface area contributed by atoms with Crippen molar-refractivity contribution in [2.75, 3.05) is 19.6 Å². The molecule has 0 aliphatic carbocycles. The monoisotopic (exact) mass is 202 g/mol.